The molecule has 1 saturated carbocycles. The fourth-order valence-electron chi connectivity index (χ4n) is 4.14. The van der Waals surface area contributed by atoms with Gasteiger partial charge in [-0.3, -0.25) is 4.79 Å². The number of aliphatic hydroxyl groups excluding tert-OH is 1. The highest BCUT2D eigenvalue weighted by Crippen LogP contribution is 2.42. The lowest BCUT2D eigenvalue weighted by atomic mass is 9.74. The average molecular weight is 286 g/mol. The van der Waals surface area contributed by atoms with Crippen LogP contribution in [-0.2, 0) is 11.2 Å². The van der Waals surface area contributed by atoms with Crippen LogP contribution in [0.1, 0.15) is 12.0 Å². The summed E-state index contributed by atoms with van der Waals surface area (Å²) in [6, 6.07) is 10.3. The molecule has 4 nitrogen and oxygen atoms in total. The standard InChI is InChI=1S/C17H22N2O2/c20-15-6-13-8-19(9-14(13)15)16(21)17(10-18-11-17)7-12-4-2-1-3-5-12/h1-5,13-15,18,20H,6-11H2/t13-,14+,15-/m0/s1. The number of likely N-dealkylation sites (tertiary alicyclic amines) is 1. The number of fused-ring (bicyclic) bond motifs is 1. The molecule has 0 unspecified atom stereocenters. The van der Waals surface area contributed by atoms with Crippen molar-refractivity contribution in [3.05, 3.63) is 35.9 Å². The van der Waals surface area contributed by atoms with Crippen LogP contribution in [0.25, 0.3) is 0 Å². The highest BCUT2D eigenvalue weighted by Gasteiger charge is 2.52. The van der Waals surface area contributed by atoms with Gasteiger partial charge in [-0.2, -0.15) is 0 Å². The SMILES string of the molecule is O=C(N1C[C@@H]2C[C@H](O)[C@@H]2C1)C1(Cc2ccccc2)CNC1. The van der Waals surface area contributed by atoms with Crippen molar-refractivity contribution in [3.63, 3.8) is 0 Å². The Morgan fingerprint density at radius 1 is 1.29 bits per heavy atom. The molecule has 3 fully saturated rings. The molecular formula is C17H22N2O2. The minimum atomic E-state index is -0.268. The van der Waals surface area contributed by atoms with E-state index in [0.29, 0.717) is 11.8 Å². The number of rotatable bonds is 3. The van der Waals surface area contributed by atoms with Gasteiger partial charge >= 0.3 is 0 Å². The monoisotopic (exact) mass is 286 g/mol. The number of nitrogens with zero attached hydrogens (tertiary/aromatic N) is 1. The molecule has 3 atom stereocenters. The Kier molecular flexibility index (Phi) is 3.05. The molecule has 2 aliphatic heterocycles. The molecule has 2 N–H and O–H groups in total. The Hall–Kier alpha value is -1.39. The highest BCUT2D eigenvalue weighted by molar-refractivity contribution is 5.85. The fourth-order valence-corrected chi connectivity index (χ4v) is 4.14. The molecule has 2 saturated heterocycles. The maximum absolute atomic E-state index is 13.0. The largest absolute Gasteiger partial charge is 0.393 e. The zero-order chi connectivity index (χ0) is 14.4. The molecule has 1 aromatic carbocycles. The number of carbonyl (C=O) groups excluding carboxylic acids is 1. The predicted octanol–water partition coefficient (Wildman–Crippen LogP) is 0.658. The summed E-state index contributed by atoms with van der Waals surface area (Å²) < 4.78 is 0. The molecule has 4 rings (SSSR count). The molecule has 0 radical (unpaired) electrons. The number of amides is 1. The van der Waals surface area contributed by atoms with E-state index in [-0.39, 0.29) is 17.4 Å². The Bertz CT molecular complexity index is 541. The lowest BCUT2D eigenvalue weighted by molar-refractivity contribution is -0.144. The van der Waals surface area contributed by atoms with Crippen LogP contribution in [0.5, 0.6) is 0 Å². The summed E-state index contributed by atoms with van der Waals surface area (Å²) >= 11 is 0. The number of carbonyl (C=O) groups is 1. The molecule has 0 bridgehead atoms. The van der Waals surface area contributed by atoms with E-state index in [2.05, 4.69) is 17.4 Å². The first-order chi connectivity index (χ1) is 10.2. The summed E-state index contributed by atoms with van der Waals surface area (Å²) in [5.74, 6) is 1.15. The minimum absolute atomic E-state index is 0.183. The van der Waals surface area contributed by atoms with Crippen LogP contribution in [0.3, 0.4) is 0 Å². The van der Waals surface area contributed by atoms with E-state index in [1.165, 1.54) is 5.56 Å². The second kappa shape index (κ2) is 4.82. The third-order valence-corrected chi connectivity index (χ3v) is 5.58. The van der Waals surface area contributed by atoms with Gasteiger partial charge in [0, 0.05) is 32.1 Å². The second-order valence-corrected chi connectivity index (χ2v) is 6.98. The number of hydrogen-bond acceptors (Lipinski definition) is 3. The normalized spacial score (nSPS) is 33.0. The third-order valence-electron chi connectivity index (χ3n) is 5.58. The van der Waals surface area contributed by atoms with Crippen molar-refractivity contribution in [2.24, 2.45) is 17.3 Å². The van der Waals surface area contributed by atoms with Gasteiger partial charge in [-0.15, -0.1) is 0 Å². The average Bonchev–Trinajstić information content (AvgIpc) is 2.80. The van der Waals surface area contributed by atoms with Gasteiger partial charge in [0.2, 0.25) is 5.91 Å². The van der Waals surface area contributed by atoms with Crippen LogP contribution in [0, 0.1) is 17.3 Å². The quantitative estimate of drug-likeness (QED) is 0.858. The van der Waals surface area contributed by atoms with E-state index in [4.69, 9.17) is 0 Å². The summed E-state index contributed by atoms with van der Waals surface area (Å²) in [5, 5.41) is 13.1. The molecule has 112 valence electrons. The van der Waals surface area contributed by atoms with Crippen molar-refractivity contribution in [2.45, 2.75) is 18.9 Å². The number of benzene rings is 1. The van der Waals surface area contributed by atoms with E-state index < -0.39 is 0 Å². The maximum atomic E-state index is 13.0. The van der Waals surface area contributed by atoms with E-state index >= 15 is 0 Å². The van der Waals surface area contributed by atoms with E-state index in [1.807, 2.05) is 23.1 Å². The van der Waals surface area contributed by atoms with E-state index in [9.17, 15) is 9.90 Å². The Labute approximate surface area is 125 Å². The first-order valence-corrected chi connectivity index (χ1v) is 7.90. The van der Waals surface area contributed by atoms with Crippen molar-refractivity contribution in [1.82, 2.24) is 10.2 Å². The van der Waals surface area contributed by atoms with Crippen LogP contribution < -0.4 is 5.32 Å². The fraction of sp³-hybridized carbons (Fsp3) is 0.588. The topological polar surface area (TPSA) is 52.6 Å². The van der Waals surface area contributed by atoms with Crippen molar-refractivity contribution in [3.8, 4) is 0 Å². The van der Waals surface area contributed by atoms with Gasteiger partial charge in [0.05, 0.1) is 11.5 Å². The van der Waals surface area contributed by atoms with Crippen molar-refractivity contribution < 1.29 is 9.90 Å². The molecule has 0 aromatic heterocycles. The van der Waals surface area contributed by atoms with E-state index in [1.54, 1.807) is 0 Å². The van der Waals surface area contributed by atoms with Crippen molar-refractivity contribution in [2.75, 3.05) is 26.2 Å². The van der Waals surface area contributed by atoms with Crippen LogP contribution in [0.4, 0.5) is 0 Å². The summed E-state index contributed by atoms with van der Waals surface area (Å²) in [7, 11) is 0. The lowest BCUT2D eigenvalue weighted by Gasteiger charge is -2.43. The number of aliphatic hydroxyl groups is 1. The zero-order valence-electron chi connectivity index (χ0n) is 12.2. The summed E-state index contributed by atoms with van der Waals surface area (Å²) in [4.78, 5) is 15.0. The molecule has 21 heavy (non-hydrogen) atoms. The van der Waals surface area contributed by atoms with Crippen molar-refractivity contribution in [1.29, 1.82) is 0 Å². The van der Waals surface area contributed by atoms with Gasteiger partial charge in [-0.25, -0.2) is 0 Å². The van der Waals surface area contributed by atoms with Gasteiger partial charge in [-0.05, 0) is 24.3 Å². The highest BCUT2D eigenvalue weighted by atomic mass is 16.3. The van der Waals surface area contributed by atoms with Crippen LogP contribution in [0.15, 0.2) is 30.3 Å². The van der Waals surface area contributed by atoms with Gasteiger partial charge in [0.1, 0.15) is 0 Å². The Morgan fingerprint density at radius 3 is 2.62 bits per heavy atom. The maximum Gasteiger partial charge on any atom is 0.231 e. The first kappa shape index (κ1) is 13.3. The third kappa shape index (κ3) is 2.09. The van der Waals surface area contributed by atoms with Crippen molar-refractivity contribution >= 4 is 5.91 Å². The van der Waals surface area contributed by atoms with Crippen LogP contribution >= 0.6 is 0 Å². The first-order valence-electron chi connectivity index (χ1n) is 7.90. The summed E-state index contributed by atoms with van der Waals surface area (Å²) in [6.07, 6.45) is 1.50. The zero-order valence-corrected chi connectivity index (χ0v) is 12.2. The molecule has 3 aliphatic rings. The van der Waals surface area contributed by atoms with Crippen LogP contribution in [-0.4, -0.2) is 48.2 Å². The molecule has 1 amide bonds. The smallest absolute Gasteiger partial charge is 0.231 e. The van der Waals surface area contributed by atoms with Gasteiger partial charge in [0.25, 0.3) is 0 Å². The second-order valence-electron chi connectivity index (χ2n) is 6.98. The molecule has 1 aliphatic carbocycles. The molecule has 1 aromatic rings. The summed E-state index contributed by atoms with van der Waals surface area (Å²) in [5.41, 5.74) is 0.963. The predicted molar refractivity (Wildman–Crippen MR) is 79.6 cm³/mol. The van der Waals surface area contributed by atoms with Gasteiger partial charge < -0.3 is 15.3 Å². The molecular weight excluding hydrogens is 264 g/mol. The van der Waals surface area contributed by atoms with Crippen LogP contribution in [0.2, 0.25) is 0 Å². The molecule has 0 spiro atoms. The number of hydrogen-bond donors (Lipinski definition) is 2. The van der Waals surface area contributed by atoms with E-state index in [0.717, 1.165) is 39.0 Å². The number of nitrogens with one attached hydrogen (secondary N) is 1. The molecule has 4 heteroatoms. The minimum Gasteiger partial charge on any atom is -0.393 e. The summed E-state index contributed by atoms with van der Waals surface area (Å²) in [6.45, 7) is 3.14. The Morgan fingerprint density at radius 2 is 2.05 bits per heavy atom. The lowest BCUT2D eigenvalue weighted by Crippen LogP contribution is -2.63. The van der Waals surface area contributed by atoms with Gasteiger partial charge in [0.15, 0.2) is 0 Å². The molecule has 2 heterocycles. The van der Waals surface area contributed by atoms with Gasteiger partial charge in [-0.1, -0.05) is 30.3 Å². The Balaban J connectivity index is 1.49.